The average molecular weight is 251 g/mol. The first-order chi connectivity index (χ1) is 8.43. The summed E-state index contributed by atoms with van der Waals surface area (Å²) < 4.78 is 1.82. The zero-order valence-electron chi connectivity index (χ0n) is 11.9. The van der Waals surface area contributed by atoms with E-state index in [0.717, 1.165) is 17.8 Å². The molecule has 1 heterocycles. The summed E-state index contributed by atoms with van der Waals surface area (Å²) in [5.74, 6) is 0.871. The molecule has 4 nitrogen and oxygen atoms in total. The van der Waals surface area contributed by atoms with Gasteiger partial charge in [0.2, 0.25) is 5.91 Å². The van der Waals surface area contributed by atoms with Gasteiger partial charge < -0.3 is 5.73 Å². The van der Waals surface area contributed by atoms with Gasteiger partial charge in [-0.2, -0.15) is 0 Å². The van der Waals surface area contributed by atoms with Crippen LogP contribution in [0.4, 0.5) is 0 Å². The number of amides is 1. The number of hydrogen-bond acceptors (Lipinski definition) is 2. The van der Waals surface area contributed by atoms with Crippen molar-refractivity contribution in [3.63, 3.8) is 0 Å². The Labute approximate surface area is 110 Å². The van der Waals surface area contributed by atoms with Gasteiger partial charge in [0, 0.05) is 17.8 Å². The maximum atomic E-state index is 12.0. The summed E-state index contributed by atoms with van der Waals surface area (Å²) in [6.45, 7) is 8.82. The zero-order valence-corrected chi connectivity index (χ0v) is 11.9. The van der Waals surface area contributed by atoms with Gasteiger partial charge in [-0.1, -0.05) is 13.8 Å². The topological polar surface area (TPSA) is 60.0 Å². The van der Waals surface area contributed by atoms with Gasteiger partial charge in [-0.05, 0) is 50.8 Å². The largest absolute Gasteiger partial charge is 0.330 e. The third-order valence-corrected chi connectivity index (χ3v) is 3.12. The number of carbonyl (C=O) groups is 1. The van der Waals surface area contributed by atoms with Crippen LogP contribution in [0, 0.1) is 25.7 Å². The van der Waals surface area contributed by atoms with Crippen molar-refractivity contribution in [1.82, 2.24) is 4.68 Å². The number of rotatable bonds is 6. The van der Waals surface area contributed by atoms with E-state index in [1.165, 1.54) is 0 Å². The van der Waals surface area contributed by atoms with Crippen molar-refractivity contribution in [2.24, 2.45) is 17.6 Å². The Morgan fingerprint density at radius 3 is 2.33 bits per heavy atom. The summed E-state index contributed by atoms with van der Waals surface area (Å²) in [6, 6.07) is 3.98. The molecular weight excluding hydrogens is 226 g/mol. The van der Waals surface area contributed by atoms with Crippen molar-refractivity contribution in [2.75, 3.05) is 12.0 Å². The molecule has 0 aliphatic heterocycles. The molecule has 0 radical (unpaired) electrons. The van der Waals surface area contributed by atoms with Crippen LogP contribution in [-0.2, 0) is 4.79 Å². The lowest BCUT2D eigenvalue weighted by Crippen LogP contribution is -2.29. The van der Waals surface area contributed by atoms with Gasteiger partial charge in [0.1, 0.15) is 0 Å². The molecule has 1 unspecified atom stereocenters. The van der Waals surface area contributed by atoms with Gasteiger partial charge in [0.25, 0.3) is 0 Å². The summed E-state index contributed by atoms with van der Waals surface area (Å²) in [5, 5.41) is 0. The molecule has 0 aliphatic rings. The summed E-state index contributed by atoms with van der Waals surface area (Å²) in [4.78, 5) is 12.0. The van der Waals surface area contributed by atoms with Crippen LogP contribution in [0.3, 0.4) is 0 Å². The van der Waals surface area contributed by atoms with Gasteiger partial charge in [-0.15, -0.1) is 0 Å². The molecule has 4 heteroatoms. The van der Waals surface area contributed by atoms with Crippen molar-refractivity contribution in [3.8, 4) is 0 Å². The Kier molecular flexibility index (Phi) is 5.41. The number of hydrogen-bond donors (Lipinski definition) is 2. The molecule has 3 N–H and O–H groups in total. The Balaban J connectivity index is 2.55. The van der Waals surface area contributed by atoms with E-state index in [-0.39, 0.29) is 11.8 Å². The summed E-state index contributed by atoms with van der Waals surface area (Å²) in [7, 11) is 0. The Hall–Kier alpha value is -1.29. The average Bonchev–Trinajstić information content (AvgIpc) is 2.59. The Morgan fingerprint density at radius 1 is 1.33 bits per heavy atom. The number of nitrogens with two attached hydrogens (primary N) is 1. The Morgan fingerprint density at radius 2 is 1.89 bits per heavy atom. The third-order valence-electron chi connectivity index (χ3n) is 3.12. The van der Waals surface area contributed by atoms with E-state index < -0.39 is 0 Å². The van der Waals surface area contributed by atoms with Crippen LogP contribution in [0.25, 0.3) is 0 Å². The second kappa shape index (κ2) is 6.59. The van der Waals surface area contributed by atoms with Crippen LogP contribution >= 0.6 is 0 Å². The highest BCUT2D eigenvalue weighted by Gasteiger charge is 2.15. The van der Waals surface area contributed by atoms with Crippen LogP contribution in [-0.4, -0.2) is 17.1 Å². The molecule has 18 heavy (non-hydrogen) atoms. The molecule has 0 bridgehead atoms. The smallest absolute Gasteiger partial charge is 0.239 e. The molecule has 0 saturated carbocycles. The number of aryl methyl sites for hydroxylation is 2. The van der Waals surface area contributed by atoms with Crippen molar-refractivity contribution < 1.29 is 4.79 Å². The molecule has 1 aromatic heterocycles. The minimum Gasteiger partial charge on any atom is -0.330 e. The van der Waals surface area contributed by atoms with Gasteiger partial charge in [-0.25, -0.2) is 0 Å². The lowest BCUT2D eigenvalue weighted by Gasteiger charge is -2.18. The number of carbonyl (C=O) groups excluding carboxylic acids is 1. The summed E-state index contributed by atoms with van der Waals surface area (Å²) in [6.07, 6.45) is 1.49. The first-order valence-electron chi connectivity index (χ1n) is 6.59. The van der Waals surface area contributed by atoms with Gasteiger partial charge in [0.05, 0.1) is 0 Å². The molecule has 102 valence electrons. The third kappa shape index (κ3) is 4.18. The second-order valence-corrected chi connectivity index (χ2v) is 5.42. The molecule has 0 spiro atoms. The van der Waals surface area contributed by atoms with E-state index in [1.807, 2.05) is 30.7 Å². The minimum absolute atomic E-state index is 0.0356. The fourth-order valence-corrected chi connectivity index (χ4v) is 2.21. The van der Waals surface area contributed by atoms with E-state index in [1.54, 1.807) is 0 Å². The summed E-state index contributed by atoms with van der Waals surface area (Å²) in [5.41, 5.74) is 10.7. The van der Waals surface area contributed by atoms with Crippen molar-refractivity contribution in [2.45, 2.75) is 40.5 Å². The highest BCUT2D eigenvalue weighted by atomic mass is 16.2. The molecule has 1 amide bonds. The number of nitrogens with one attached hydrogen (secondary N) is 1. The van der Waals surface area contributed by atoms with Crippen molar-refractivity contribution in [3.05, 3.63) is 23.5 Å². The van der Waals surface area contributed by atoms with E-state index >= 15 is 0 Å². The van der Waals surface area contributed by atoms with Gasteiger partial charge >= 0.3 is 0 Å². The maximum Gasteiger partial charge on any atom is 0.239 e. The van der Waals surface area contributed by atoms with Gasteiger partial charge in [0.15, 0.2) is 0 Å². The highest BCUT2D eigenvalue weighted by Crippen LogP contribution is 2.14. The second-order valence-electron chi connectivity index (χ2n) is 5.42. The van der Waals surface area contributed by atoms with Gasteiger partial charge in [-0.3, -0.25) is 14.9 Å². The minimum atomic E-state index is 0.0356. The zero-order chi connectivity index (χ0) is 13.7. The van der Waals surface area contributed by atoms with Crippen molar-refractivity contribution in [1.29, 1.82) is 0 Å². The molecule has 1 aromatic rings. The Bertz CT molecular complexity index is 376. The maximum absolute atomic E-state index is 12.0. The molecule has 0 aromatic carbocycles. The molecule has 0 aliphatic carbocycles. The van der Waals surface area contributed by atoms with Crippen LogP contribution in [0.1, 0.15) is 38.1 Å². The fourth-order valence-electron chi connectivity index (χ4n) is 2.21. The molecular formula is C14H25N3O. The van der Waals surface area contributed by atoms with Crippen LogP contribution < -0.4 is 11.2 Å². The number of nitrogens with zero attached hydrogens (tertiary/aromatic N) is 1. The lowest BCUT2D eigenvalue weighted by atomic mass is 9.94. The predicted octanol–water partition coefficient (Wildman–Crippen LogP) is 2.19. The molecule has 1 atom stereocenters. The van der Waals surface area contributed by atoms with E-state index in [2.05, 4.69) is 19.3 Å². The van der Waals surface area contributed by atoms with Crippen LogP contribution in [0.5, 0.6) is 0 Å². The predicted molar refractivity (Wildman–Crippen MR) is 74.9 cm³/mol. The van der Waals surface area contributed by atoms with E-state index in [9.17, 15) is 4.79 Å². The van der Waals surface area contributed by atoms with E-state index in [0.29, 0.717) is 18.9 Å². The highest BCUT2D eigenvalue weighted by molar-refractivity contribution is 5.84. The molecule has 1 rings (SSSR count). The standard InChI is InChI=1S/C14H25N3O/c1-10(2)7-13(9-15)8-14(18)16-17-11(3)5-6-12(17)4/h5-6,10,13H,7-9,15H2,1-4H3,(H,16,18). The quantitative estimate of drug-likeness (QED) is 0.814. The van der Waals surface area contributed by atoms with E-state index in [4.69, 9.17) is 5.73 Å². The van der Waals surface area contributed by atoms with Crippen LogP contribution in [0.2, 0.25) is 0 Å². The first kappa shape index (κ1) is 14.8. The monoisotopic (exact) mass is 251 g/mol. The summed E-state index contributed by atoms with van der Waals surface area (Å²) >= 11 is 0. The normalized spacial score (nSPS) is 12.8. The SMILES string of the molecule is Cc1ccc(C)n1NC(=O)CC(CN)CC(C)C. The lowest BCUT2D eigenvalue weighted by molar-refractivity contribution is -0.118. The van der Waals surface area contributed by atoms with Crippen LogP contribution in [0.15, 0.2) is 12.1 Å². The molecule has 0 fully saturated rings. The first-order valence-corrected chi connectivity index (χ1v) is 6.59. The molecule has 0 saturated heterocycles. The fraction of sp³-hybridized carbons (Fsp3) is 0.643. The number of aromatic nitrogens is 1. The van der Waals surface area contributed by atoms with Crippen molar-refractivity contribution >= 4 is 5.91 Å².